The highest BCUT2D eigenvalue weighted by molar-refractivity contribution is 5.98. The van der Waals surface area contributed by atoms with Crippen molar-refractivity contribution in [1.82, 2.24) is 25.2 Å². The van der Waals surface area contributed by atoms with Gasteiger partial charge in [-0.05, 0) is 69.1 Å². The van der Waals surface area contributed by atoms with Crippen LogP contribution in [0.5, 0.6) is 5.75 Å². The van der Waals surface area contributed by atoms with Crippen LogP contribution in [0.1, 0.15) is 55.0 Å². The standard InChI is InChI=1S/C28H33N5O2/c1-3-35-22-13-11-19(12-14-22)26-18-30-27(33(26)2)24(17-21-9-6-7-15-29-21)32-28(34)25-16-20-8-4-5-10-23(20)31-25/h4-5,8,10-14,16,18,21,24,29,31H,3,6-7,9,15,17H2,1-2H3,(H,32,34)/t21?,24-/m0/s1. The molecule has 182 valence electrons. The van der Waals surface area contributed by atoms with Crippen molar-refractivity contribution in [3.8, 4) is 17.0 Å². The van der Waals surface area contributed by atoms with E-state index in [1.807, 2.05) is 74.8 Å². The molecule has 3 N–H and O–H groups in total. The first-order valence-corrected chi connectivity index (χ1v) is 12.5. The van der Waals surface area contributed by atoms with Crippen LogP contribution in [0, 0.1) is 0 Å². The Kier molecular flexibility index (Phi) is 6.86. The molecule has 4 aromatic rings. The van der Waals surface area contributed by atoms with Crippen molar-refractivity contribution >= 4 is 16.8 Å². The lowest BCUT2D eigenvalue weighted by Gasteiger charge is -2.28. The molecule has 0 aliphatic carbocycles. The Labute approximate surface area is 205 Å². The molecule has 2 aromatic carbocycles. The van der Waals surface area contributed by atoms with Gasteiger partial charge in [0.25, 0.3) is 5.91 Å². The van der Waals surface area contributed by atoms with E-state index < -0.39 is 0 Å². The minimum Gasteiger partial charge on any atom is -0.494 e. The predicted molar refractivity (Wildman–Crippen MR) is 139 cm³/mol. The van der Waals surface area contributed by atoms with Crippen molar-refractivity contribution in [2.45, 2.75) is 44.7 Å². The van der Waals surface area contributed by atoms with Crippen LogP contribution >= 0.6 is 0 Å². The fourth-order valence-corrected chi connectivity index (χ4v) is 4.97. The van der Waals surface area contributed by atoms with E-state index in [0.717, 1.165) is 53.1 Å². The smallest absolute Gasteiger partial charge is 0.268 e. The molecule has 1 aliphatic rings. The molecule has 3 heterocycles. The fraction of sp³-hybridized carbons (Fsp3) is 0.357. The van der Waals surface area contributed by atoms with Crippen LogP contribution in [0.3, 0.4) is 0 Å². The van der Waals surface area contributed by atoms with E-state index in [2.05, 4.69) is 20.2 Å². The number of nitrogens with zero attached hydrogens (tertiary/aromatic N) is 2. The van der Waals surface area contributed by atoms with E-state index in [1.54, 1.807) is 0 Å². The zero-order valence-electron chi connectivity index (χ0n) is 20.4. The maximum absolute atomic E-state index is 13.3. The molecule has 0 radical (unpaired) electrons. The van der Waals surface area contributed by atoms with Crippen LogP contribution in [-0.2, 0) is 7.05 Å². The Balaban J connectivity index is 1.42. The van der Waals surface area contributed by atoms with Crippen LogP contribution in [-0.4, -0.2) is 39.6 Å². The number of nitrogens with one attached hydrogen (secondary N) is 3. The predicted octanol–water partition coefficient (Wildman–Crippen LogP) is 4.97. The average Bonchev–Trinajstić information content (AvgIpc) is 3.49. The van der Waals surface area contributed by atoms with Gasteiger partial charge in [0.05, 0.1) is 24.5 Å². The second-order valence-corrected chi connectivity index (χ2v) is 9.20. The lowest BCUT2D eigenvalue weighted by molar-refractivity contribution is 0.0924. The van der Waals surface area contributed by atoms with Gasteiger partial charge in [0.2, 0.25) is 0 Å². The monoisotopic (exact) mass is 471 g/mol. The highest BCUT2D eigenvalue weighted by Crippen LogP contribution is 2.28. The number of carbonyl (C=O) groups excluding carboxylic acids is 1. The molecule has 1 amide bonds. The molecular formula is C28H33N5O2. The van der Waals surface area contributed by atoms with Crippen LogP contribution in [0.25, 0.3) is 22.2 Å². The largest absolute Gasteiger partial charge is 0.494 e. The van der Waals surface area contributed by atoms with Gasteiger partial charge in [-0.15, -0.1) is 0 Å². The summed E-state index contributed by atoms with van der Waals surface area (Å²) in [6, 6.07) is 18.0. The number of aromatic nitrogens is 3. The fourth-order valence-electron chi connectivity index (χ4n) is 4.97. The first-order chi connectivity index (χ1) is 17.1. The summed E-state index contributed by atoms with van der Waals surface area (Å²) < 4.78 is 7.67. The number of hydrogen-bond donors (Lipinski definition) is 3. The van der Waals surface area contributed by atoms with Gasteiger partial charge in [0, 0.05) is 29.6 Å². The Hall–Kier alpha value is -3.58. The van der Waals surface area contributed by atoms with Crippen LogP contribution in [0.4, 0.5) is 0 Å². The van der Waals surface area contributed by atoms with Crippen molar-refractivity contribution < 1.29 is 9.53 Å². The quantitative estimate of drug-likeness (QED) is 0.339. The number of para-hydroxylation sites is 1. The zero-order valence-corrected chi connectivity index (χ0v) is 20.4. The summed E-state index contributed by atoms with van der Waals surface area (Å²) in [7, 11) is 2.02. The molecule has 1 saturated heterocycles. The van der Waals surface area contributed by atoms with E-state index >= 15 is 0 Å². The third-order valence-electron chi connectivity index (χ3n) is 6.81. The highest BCUT2D eigenvalue weighted by Gasteiger charge is 2.26. The van der Waals surface area contributed by atoms with Crippen molar-refractivity contribution in [3.05, 3.63) is 72.3 Å². The summed E-state index contributed by atoms with van der Waals surface area (Å²) in [5.74, 6) is 1.59. The number of aromatic amines is 1. The number of amides is 1. The lowest BCUT2D eigenvalue weighted by Crippen LogP contribution is -2.40. The number of H-pyrrole nitrogens is 1. The lowest BCUT2D eigenvalue weighted by atomic mass is 9.97. The molecule has 2 atom stereocenters. The van der Waals surface area contributed by atoms with Crippen molar-refractivity contribution in [1.29, 1.82) is 0 Å². The van der Waals surface area contributed by atoms with Gasteiger partial charge < -0.3 is 24.9 Å². The minimum absolute atomic E-state index is 0.118. The minimum atomic E-state index is -0.217. The summed E-state index contributed by atoms with van der Waals surface area (Å²) in [4.78, 5) is 21.3. The number of fused-ring (bicyclic) bond motifs is 1. The van der Waals surface area contributed by atoms with E-state index in [9.17, 15) is 4.79 Å². The van der Waals surface area contributed by atoms with Crippen LogP contribution in [0.15, 0.2) is 60.8 Å². The van der Waals surface area contributed by atoms with E-state index in [-0.39, 0.29) is 11.9 Å². The average molecular weight is 472 g/mol. The first kappa shape index (κ1) is 23.2. The number of hydrogen-bond acceptors (Lipinski definition) is 4. The van der Waals surface area contributed by atoms with Gasteiger partial charge in [-0.2, -0.15) is 0 Å². The molecule has 1 fully saturated rings. The maximum atomic E-state index is 13.3. The van der Waals surface area contributed by atoms with Crippen LogP contribution < -0.4 is 15.4 Å². The number of benzene rings is 2. The second kappa shape index (κ2) is 10.4. The Morgan fingerprint density at radius 1 is 1.20 bits per heavy atom. The molecular weight excluding hydrogens is 438 g/mol. The molecule has 7 nitrogen and oxygen atoms in total. The van der Waals surface area contributed by atoms with Gasteiger partial charge >= 0.3 is 0 Å². The van der Waals surface area contributed by atoms with E-state index in [1.165, 1.54) is 12.8 Å². The van der Waals surface area contributed by atoms with Gasteiger partial charge in [-0.3, -0.25) is 4.79 Å². The second-order valence-electron chi connectivity index (χ2n) is 9.20. The molecule has 7 heteroatoms. The van der Waals surface area contributed by atoms with E-state index in [4.69, 9.17) is 9.72 Å². The van der Waals surface area contributed by atoms with Crippen LogP contribution in [0.2, 0.25) is 0 Å². The van der Waals surface area contributed by atoms with E-state index in [0.29, 0.717) is 18.3 Å². The summed E-state index contributed by atoms with van der Waals surface area (Å²) in [6.45, 7) is 3.64. The third kappa shape index (κ3) is 5.10. The summed E-state index contributed by atoms with van der Waals surface area (Å²) in [6.07, 6.45) is 6.20. The molecule has 2 aromatic heterocycles. The third-order valence-corrected chi connectivity index (χ3v) is 6.81. The SMILES string of the molecule is CCOc1ccc(-c2cnc([C@H](CC3CCCCN3)NC(=O)c3cc4ccccc4[nH]3)n2C)cc1. The topological polar surface area (TPSA) is 84.0 Å². The molecule has 0 saturated carbocycles. The van der Waals surface area contributed by atoms with Gasteiger partial charge in [-0.25, -0.2) is 4.98 Å². The Bertz CT molecular complexity index is 1250. The van der Waals surface area contributed by atoms with Crippen molar-refractivity contribution in [2.75, 3.05) is 13.2 Å². The van der Waals surface area contributed by atoms with Gasteiger partial charge in [0.15, 0.2) is 0 Å². The van der Waals surface area contributed by atoms with Gasteiger partial charge in [0.1, 0.15) is 17.3 Å². The molecule has 0 bridgehead atoms. The highest BCUT2D eigenvalue weighted by atomic mass is 16.5. The van der Waals surface area contributed by atoms with Crippen molar-refractivity contribution in [2.24, 2.45) is 7.05 Å². The number of rotatable bonds is 8. The Morgan fingerprint density at radius 2 is 2.03 bits per heavy atom. The molecule has 1 unspecified atom stereocenters. The number of carbonyl (C=O) groups is 1. The summed E-state index contributed by atoms with van der Waals surface area (Å²) in [5.41, 5.74) is 3.59. The first-order valence-electron chi connectivity index (χ1n) is 12.5. The molecule has 0 spiro atoms. The molecule has 35 heavy (non-hydrogen) atoms. The summed E-state index contributed by atoms with van der Waals surface area (Å²) >= 11 is 0. The summed E-state index contributed by atoms with van der Waals surface area (Å²) in [5, 5.41) is 7.92. The van der Waals surface area contributed by atoms with Crippen molar-refractivity contribution in [3.63, 3.8) is 0 Å². The molecule has 5 rings (SSSR count). The number of piperidine rings is 1. The van der Waals surface area contributed by atoms with Gasteiger partial charge in [-0.1, -0.05) is 24.6 Å². The molecule has 1 aliphatic heterocycles. The normalized spacial score (nSPS) is 16.8. The maximum Gasteiger partial charge on any atom is 0.268 e. The zero-order chi connectivity index (χ0) is 24.2. The number of ether oxygens (including phenoxy) is 1. The number of imidazole rings is 1. The Morgan fingerprint density at radius 3 is 2.77 bits per heavy atom.